The highest BCUT2D eigenvalue weighted by atomic mass is 19.1. The van der Waals surface area contributed by atoms with Crippen molar-refractivity contribution in [2.75, 3.05) is 0 Å². The summed E-state index contributed by atoms with van der Waals surface area (Å²) in [4.78, 5) is 0. The Balaban J connectivity index is 2.29. The highest BCUT2D eigenvalue weighted by Crippen LogP contribution is 2.43. The first kappa shape index (κ1) is 14.3. The van der Waals surface area contributed by atoms with Gasteiger partial charge in [-0.05, 0) is 37.0 Å². The average molecular weight is 265 g/mol. The molecule has 0 aromatic heterocycles. The molecule has 2 rings (SSSR count). The number of ether oxygens (including phenoxy) is 1. The van der Waals surface area contributed by atoms with Crippen molar-refractivity contribution in [3.05, 3.63) is 29.6 Å². The maximum atomic E-state index is 13.3. The van der Waals surface area contributed by atoms with Gasteiger partial charge in [-0.1, -0.05) is 27.2 Å². The van der Waals surface area contributed by atoms with Crippen LogP contribution in [0, 0.1) is 11.7 Å². The Morgan fingerprint density at radius 2 is 2.21 bits per heavy atom. The minimum Gasteiger partial charge on any atom is -0.487 e. The zero-order valence-electron chi connectivity index (χ0n) is 12.1. The lowest BCUT2D eigenvalue weighted by Crippen LogP contribution is -2.43. The predicted octanol–water partition coefficient (Wildman–Crippen LogP) is 4.19. The summed E-state index contributed by atoms with van der Waals surface area (Å²) in [7, 11) is 0. The molecule has 0 aliphatic carbocycles. The van der Waals surface area contributed by atoms with Crippen LogP contribution in [-0.2, 0) is 0 Å². The van der Waals surface area contributed by atoms with E-state index in [1.165, 1.54) is 12.1 Å². The maximum Gasteiger partial charge on any atom is 0.125 e. The fourth-order valence-corrected chi connectivity index (χ4v) is 2.95. The Morgan fingerprint density at radius 1 is 1.47 bits per heavy atom. The van der Waals surface area contributed by atoms with Crippen LogP contribution in [0.1, 0.15) is 58.1 Å². The molecule has 19 heavy (non-hydrogen) atoms. The summed E-state index contributed by atoms with van der Waals surface area (Å²) in [5.74, 6) is 1.11. The monoisotopic (exact) mass is 265 g/mol. The molecule has 0 radical (unpaired) electrons. The summed E-state index contributed by atoms with van der Waals surface area (Å²) in [5.41, 5.74) is 6.84. The van der Waals surface area contributed by atoms with Crippen LogP contribution >= 0.6 is 0 Å². The van der Waals surface area contributed by atoms with Crippen molar-refractivity contribution in [3.63, 3.8) is 0 Å². The van der Waals surface area contributed by atoms with Gasteiger partial charge in [-0.15, -0.1) is 0 Å². The quantitative estimate of drug-likeness (QED) is 0.885. The molecule has 3 heteroatoms. The normalized spacial score (nSPS) is 27.5. The first-order chi connectivity index (χ1) is 8.99. The molecule has 106 valence electrons. The summed E-state index contributed by atoms with van der Waals surface area (Å²) in [5, 5.41) is 0. The molecule has 1 aromatic rings. The van der Waals surface area contributed by atoms with Crippen LogP contribution < -0.4 is 10.5 Å². The smallest absolute Gasteiger partial charge is 0.125 e. The fourth-order valence-electron chi connectivity index (χ4n) is 2.95. The van der Waals surface area contributed by atoms with Gasteiger partial charge in [0.05, 0.1) is 0 Å². The number of hydrogen-bond acceptors (Lipinski definition) is 2. The van der Waals surface area contributed by atoms with Crippen LogP contribution in [0.3, 0.4) is 0 Å². The van der Waals surface area contributed by atoms with E-state index < -0.39 is 0 Å². The molecule has 1 heterocycles. The van der Waals surface area contributed by atoms with Crippen molar-refractivity contribution in [3.8, 4) is 5.75 Å². The molecule has 0 amide bonds. The first-order valence-electron chi connectivity index (χ1n) is 7.23. The summed E-state index contributed by atoms with van der Waals surface area (Å²) in [6.45, 7) is 6.58. The zero-order valence-corrected chi connectivity index (χ0v) is 12.1. The SMILES string of the molecule is CCC(C)CC1(CC)CC(N)c2cc(F)ccc2O1. The van der Waals surface area contributed by atoms with E-state index in [-0.39, 0.29) is 17.5 Å². The van der Waals surface area contributed by atoms with E-state index in [1.54, 1.807) is 6.07 Å². The van der Waals surface area contributed by atoms with Gasteiger partial charge in [0.15, 0.2) is 0 Å². The molecule has 0 saturated heterocycles. The van der Waals surface area contributed by atoms with Gasteiger partial charge >= 0.3 is 0 Å². The number of halogens is 1. The molecular weight excluding hydrogens is 241 g/mol. The van der Waals surface area contributed by atoms with E-state index in [9.17, 15) is 4.39 Å². The van der Waals surface area contributed by atoms with Crippen LogP contribution in [0.2, 0.25) is 0 Å². The van der Waals surface area contributed by atoms with Crippen molar-refractivity contribution in [1.29, 1.82) is 0 Å². The van der Waals surface area contributed by atoms with Gasteiger partial charge in [-0.3, -0.25) is 0 Å². The van der Waals surface area contributed by atoms with E-state index in [2.05, 4.69) is 20.8 Å². The number of benzene rings is 1. The van der Waals surface area contributed by atoms with E-state index in [0.29, 0.717) is 5.92 Å². The standard InChI is InChI=1S/C16H24FNO/c1-4-11(3)9-16(5-2)10-14(18)13-8-12(17)6-7-15(13)19-16/h6-8,11,14H,4-5,9-10,18H2,1-3H3. The lowest BCUT2D eigenvalue weighted by atomic mass is 9.79. The Kier molecular flexibility index (Phi) is 4.14. The maximum absolute atomic E-state index is 13.3. The molecule has 2 nitrogen and oxygen atoms in total. The van der Waals surface area contributed by atoms with E-state index in [1.807, 2.05) is 0 Å². The Labute approximate surface area is 115 Å². The third-order valence-electron chi connectivity index (χ3n) is 4.35. The summed E-state index contributed by atoms with van der Waals surface area (Å²) < 4.78 is 19.5. The third-order valence-corrected chi connectivity index (χ3v) is 4.35. The second-order valence-corrected chi connectivity index (χ2v) is 5.85. The van der Waals surface area contributed by atoms with E-state index in [0.717, 1.165) is 37.0 Å². The van der Waals surface area contributed by atoms with Gasteiger partial charge in [-0.2, -0.15) is 0 Å². The first-order valence-corrected chi connectivity index (χ1v) is 7.23. The number of hydrogen-bond donors (Lipinski definition) is 1. The van der Waals surface area contributed by atoms with Crippen molar-refractivity contribution >= 4 is 0 Å². The molecule has 3 unspecified atom stereocenters. The second kappa shape index (κ2) is 5.49. The molecule has 0 bridgehead atoms. The van der Waals surface area contributed by atoms with Gasteiger partial charge in [0, 0.05) is 18.0 Å². The molecule has 2 N–H and O–H groups in total. The number of fused-ring (bicyclic) bond motifs is 1. The molecular formula is C16H24FNO. The third kappa shape index (κ3) is 2.92. The van der Waals surface area contributed by atoms with Gasteiger partial charge in [-0.25, -0.2) is 4.39 Å². The zero-order chi connectivity index (χ0) is 14.0. The summed E-state index contributed by atoms with van der Waals surface area (Å²) >= 11 is 0. The van der Waals surface area contributed by atoms with Crippen LogP contribution in [0.4, 0.5) is 4.39 Å². The molecule has 0 fully saturated rings. The lowest BCUT2D eigenvalue weighted by molar-refractivity contribution is 0.0102. The molecule has 1 aliphatic rings. The van der Waals surface area contributed by atoms with E-state index in [4.69, 9.17) is 10.5 Å². The Hall–Kier alpha value is -1.09. The summed E-state index contributed by atoms with van der Waals surface area (Å²) in [6, 6.07) is 4.53. The fraction of sp³-hybridized carbons (Fsp3) is 0.625. The van der Waals surface area contributed by atoms with Gasteiger partial charge in [0.1, 0.15) is 17.2 Å². The Bertz CT molecular complexity index is 448. The van der Waals surface area contributed by atoms with Crippen molar-refractivity contribution in [1.82, 2.24) is 0 Å². The topological polar surface area (TPSA) is 35.2 Å². The molecule has 0 spiro atoms. The molecule has 3 atom stereocenters. The highest BCUT2D eigenvalue weighted by molar-refractivity contribution is 5.39. The van der Waals surface area contributed by atoms with Gasteiger partial charge in [0.25, 0.3) is 0 Å². The van der Waals surface area contributed by atoms with Crippen molar-refractivity contribution in [2.45, 2.75) is 58.1 Å². The van der Waals surface area contributed by atoms with Crippen molar-refractivity contribution in [2.24, 2.45) is 11.7 Å². The minimum absolute atomic E-state index is 0.136. The number of nitrogens with two attached hydrogens (primary N) is 1. The van der Waals surface area contributed by atoms with Crippen molar-refractivity contribution < 1.29 is 9.13 Å². The minimum atomic E-state index is -0.247. The highest BCUT2D eigenvalue weighted by Gasteiger charge is 2.39. The van der Waals surface area contributed by atoms with Crippen LogP contribution in [0.15, 0.2) is 18.2 Å². The Morgan fingerprint density at radius 3 is 2.84 bits per heavy atom. The molecule has 1 aliphatic heterocycles. The second-order valence-electron chi connectivity index (χ2n) is 5.85. The molecule has 0 saturated carbocycles. The van der Waals surface area contributed by atoms with Crippen LogP contribution in [-0.4, -0.2) is 5.60 Å². The lowest BCUT2D eigenvalue weighted by Gasteiger charge is -2.42. The number of rotatable bonds is 4. The largest absolute Gasteiger partial charge is 0.487 e. The van der Waals surface area contributed by atoms with E-state index >= 15 is 0 Å². The predicted molar refractivity (Wildman–Crippen MR) is 75.7 cm³/mol. The summed E-state index contributed by atoms with van der Waals surface area (Å²) in [6.07, 6.45) is 3.84. The van der Waals surface area contributed by atoms with Gasteiger partial charge < -0.3 is 10.5 Å². The van der Waals surface area contributed by atoms with Gasteiger partial charge in [0.2, 0.25) is 0 Å². The van der Waals surface area contributed by atoms with Crippen LogP contribution in [0.5, 0.6) is 5.75 Å². The van der Waals surface area contributed by atoms with Crippen LogP contribution in [0.25, 0.3) is 0 Å². The molecule has 1 aromatic carbocycles. The average Bonchev–Trinajstić information content (AvgIpc) is 2.39.